The molecule has 0 aromatic heterocycles. The lowest BCUT2D eigenvalue weighted by Crippen LogP contribution is -2.61. The number of amides is 6. The quantitative estimate of drug-likeness (QED) is 0.0537. The highest BCUT2D eigenvalue weighted by atomic mass is 19.3. The average molecular weight is 959 g/mol. The third-order valence-electron chi connectivity index (χ3n) is 11.0. The summed E-state index contributed by atoms with van der Waals surface area (Å²) in [6, 6.07) is 5.18. The molecule has 0 heterocycles. The maximum Gasteiger partial charge on any atom is 0.374 e. The molecule has 68 heavy (non-hydrogen) atoms. The summed E-state index contributed by atoms with van der Waals surface area (Å²) in [5, 5.41) is 51.6. The number of alkyl halides is 2. The Morgan fingerprint density at radius 3 is 1.44 bits per heavy atom. The number of ketones is 1. The smallest absolute Gasteiger partial charge is 0.374 e. The van der Waals surface area contributed by atoms with Gasteiger partial charge in [0.2, 0.25) is 41.9 Å². The van der Waals surface area contributed by atoms with Crippen molar-refractivity contribution in [3.05, 3.63) is 71.8 Å². The Morgan fingerprint density at radius 2 is 0.985 bits per heavy atom. The lowest BCUT2D eigenvalue weighted by molar-refractivity contribution is -0.151. The normalized spacial score (nSPS) is 15.2. The molecule has 2 aromatic rings. The summed E-state index contributed by atoms with van der Waals surface area (Å²) >= 11 is 0. The molecule has 0 aliphatic heterocycles. The summed E-state index contributed by atoms with van der Waals surface area (Å²) in [5.41, 5.74) is 0.782. The number of nitrogens with one attached hydrogen (secondary N) is 6. The predicted octanol–water partition coefficient (Wildman–Crippen LogP) is 1.23. The average Bonchev–Trinajstić information content (AvgIpc) is 3.28. The molecule has 1 unspecified atom stereocenters. The Labute approximate surface area is 388 Å². The summed E-state index contributed by atoms with van der Waals surface area (Å²) < 4.78 is 26.9. The van der Waals surface area contributed by atoms with Crippen molar-refractivity contribution >= 4 is 65.1 Å². The van der Waals surface area contributed by atoms with Gasteiger partial charge in [0.25, 0.3) is 5.78 Å². The molecule has 2 aromatic carbocycles. The Hall–Kier alpha value is -7.33. The van der Waals surface area contributed by atoms with E-state index in [-0.39, 0.29) is 12.3 Å². The highest BCUT2D eigenvalue weighted by molar-refractivity contribution is 6.35. The maximum absolute atomic E-state index is 14.8. The van der Waals surface area contributed by atoms with Crippen molar-refractivity contribution < 1.29 is 81.9 Å². The number of carboxylic acids is 4. The first-order chi connectivity index (χ1) is 32.2. The Morgan fingerprint density at radius 1 is 0.544 bits per heavy atom. The van der Waals surface area contributed by atoms with Crippen molar-refractivity contribution in [3.63, 3.8) is 0 Å². The second kappa shape index (κ2) is 27.3. The molecule has 0 radical (unpaired) electrons. The van der Waals surface area contributed by atoms with Crippen LogP contribution in [0.4, 0.5) is 8.78 Å². The van der Waals surface area contributed by atoms with Crippen LogP contribution in [0.1, 0.15) is 101 Å². The molecule has 1 aliphatic rings. The minimum absolute atomic E-state index is 0.124. The van der Waals surface area contributed by atoms with Crippen LogP contribution in [0.15, 0.2) is 60.7 Å². The van der Waals surface area contributed by atoms with E-state index >= 15 is 0 Å². The van der Waals surface area contributed by atoms with Gasteiger partial charge in [0.15, 0.2) is 0 Å². The summed E-state index contributed by atoms with van der Waals surface area (Å²) in [5.74, 6) is -16.3. The standard InChI is InChI=1S/C45H56F2N6O15/c1-24(54)48-32(23-36(59)60)43(65)49-29(18-20-35(57)58)41(63)53-38(37(26-13-7-3-8-14-26)27-15-9-4-10-16-27)44(66)50-28(17-19-34(55)56)40(62)52-31(21-25-11-5-2-6-12-25)42(64)51-30(22-33(46)47)39(61)45(67)68/h3-4,7-10,13-16,25,28-33,37-38H,2,5-6,11-12,17-23H2,1H3,(H,48,54)(H,49,65)(H,50,66)(H,51,64)(H,52,62)(H,53,63)(H,55,56)(H,57,58)(H,59,60)(H,67,68)/t28-,29-,30?,31-,32-,38-/m0/s1. The van der Waals surface area contributed by atoms with Crippen molar-refractivity contribution in [2.24, 2.45) is 5.92 Å². The van der Waals surface area contributed by atoms with Crippen molar-refractivity contribution in [1.82, 2.24) is 31.9 Å². The van der Waals surface area contributed by atoms with Crippen LogP contribution in [-0.4, -0.2) is 128 Å². The van der Waals surface area contributed by atoms with Crippen LogP contribution in [0.25, 0.3) is 0 Å². The number of carboxylic acid groups (broad SMARTS) is 4. The highest BCUT2D eigenvalue weighted by Crippen LogP contribution is 2.30. The molecule has 1 saturated carbocycles. The number of rotatable bonds is 28. The topological polar surface area (TPSA) is 341 Å². The van der Waals surface area contributed by atoms with Crippen molar-refractivity contribution in [2.45, 2.75) is 133 Å². The van der Waals surface area contributed by atoms with Gasteiger partial charge in [-0.15, -0.1) is 0 Å². The van der Waals surface area contributed by atoms with E-state index in [1.807, 2.05) is 5.32 Å². The van der Waals surface area contributed by atoms with E-state index < -0.39 is 152 Å². The van der Waals surface area contributed by atoms with Crippen LogP contribution >= 0.6 is 0 Å². The molecular formula is C45H56F2N6O15. The van der Waals surface area contributed by atoms with Crippen LogP contribution in [0, 0.1) is 5.92 Å². The van der Waals surface area contributed by atoms with Gasteiger partial charge in [-0.1, -0.05) is 92.8 Å². The van der Waals surface area contributed by atoms with Gasteiger partial charge in [-0.25, -0.2) is 13.6 Å². The van der Waals surface area contributed by atoms with Gasteiger partial charge in [0.1, 0.15) is 36.3 Å². The molecule has 1 fully saturated rings. The lowest BCUT2D eigenvalue weighted by Gasteiger charge is -2.32. The zero-order valence-electron chi connectivity index (χ0n) is 37.0. The van der Waals surface area contributed by atoms with Gasteiger partial charge in [-0.2, -0.15) is 0 Å². The number of halogens is 2. The fourth-order valence-corrected chi connectivity index (χ4v) is 7.78. The lowest BCUT2D eigenvalue weighted by atomic mass is 9.84. The molecule has 0 spiro atoms. The van der Waals surface area contributed by atoms with Gasteiger partial charge in [0.05, 0.1) is 6.42 Å². The summed E-state index contributed by atoms with van der Waals surface area (Å²) in [6.45, 7) is 1.000. The van der Waals surface area contributed by atoms with Gasteiger partial charge >= 0.3 is 23.9 Å². The zero-order valence-corrected chi connectivity index (χ0v) is 37.0. The molecule has 3 rings (SSSR count). The molecule has 6 atom stereocenters. The van der Waals surface area contributed by atoms with Crippen LogP contribution in [0.5, 0.6) is 0 Å². The Kier molecular flexibility index (Phi) is 22.1. The fourth-order valence-electron chi connectivity index (χ4n) is 7.78. The number of hydrogen-bond acceptors (Lipinski definition) is 11. The maximum atomic E-state index is 14.8. The first-order valence-corrected chi connectivity index (χ1v) is 21.8. The summed E-state index contributed by atoms with van der Waals surface area (Å²) in [4.78, 5) is 141. The van der Waals surface area contributed by atoms with Crippen LogP contribution < -0.4 is 31.9 Å². The van der Waals surface area contributed by atoms with E-state index in [2.05, 4.69) is 26.6 Å². The monoisotopic (exact) mass is 958 g/mol. The number of benzene rings is 2. The highest BCUT2D eigenvalue weighted by Gasteiger charge is 2.39. The summed E-state index contributed by atoms with van der Waals surface area (Å²) in [6.07, 6.45) is -4.89. The minimum Gasteiger partial charge on any atom is -0.481 e. The van der Waals surface area contributed by atoms with E-state index in [1.165, 1.54) is 0 Å². The van der Waals surface area contributed by atoms with E-state index in [0.29, 0.717) is 24.0 Å². The van der Waals surface area contributed by atoms with Crippen molar-refractivity contribution in [2.75, 3.05) is 0 Å². The number of aliphatic carboxylic acids is 4. The zero-order chi connectivity index (χ0) is 50.5. The van der Waals surface area contributed by atoms with Crippen LogP contribution in [0.2, 0.25) is 0 Å². The molecule has 6 amide bonds. The number of hydrogen-bond donors (Lipinski definition) is 10. The molecule has 370 valence electrons. The van der Waals surface area contributed by atoms with E-state index in [4.69, 9.17) is 0 Å². The molecule has 21 nitrogen and oxygen atoms in total. The first kappa shape index (κ1) is 55.0. The number of Topliss-reactive ketones (excluding diaryl/α,β-unsaturated/α-hetero) is 1. The minimum atomic E-state index is -3.23. The number of carbonyl (C=O) groups is 11. The van der Waals surface area contributed by atoms with Gasteiger partial charge < -0.3 is 52.3 Å². The summed E-state index contributed by atoms with van der Waals surface area (Å²) in [7, 11) is 0. The molecule has 0 saturated heterocycles. The largest absolute Gasteiger partial charge is 0.481 e. The molecule has 1 aliphatic carbocycles. The molecule has 10 N–H and O–H groups in total. The second-order valence-corrected chi connectivity index (χ2v) is 16.3. The number of carbonyl (C=O) groups excluding carboxylic acids is 7. The van der Waals surface area contributed by atoms with E-state index in [1.54, 1.807) is 60.7 Å². The van der Waals surface area contributed by atoms with Gasteiger partial charge in [-0.05, 0) is 36.3 Å². The van der Waals surface area contributed by atoms with Crippen LogP contribution in [-0.2, 0) is 52.7 Å². The van der Waals surface area contributed by atoms with Gasteiger partial charge in [0, 0.05) is 32.1 Å². The van der Waals surface area contributed by atoms with Crippen molar-refractivity contribution in [1.29, 1.82) is 0 Å². The van der Waals surface area contributed by atoms with Crippen molar-refractivity contribution in [3.8, 4) is 0 Å². The predicted molar refractivity (Wildman–Crippen MR) is 232 cm³/mol. The molecular weight excluding hydrogens is 903 g/mol. The first-order valence-electron chi connectivity index (χ1n) is 21.8. The molecule has 0 bridgehead atoms. The Bertz CT molecular complexity index is 2070. The third kappa shape index (κ3) is 18.5. The molecule has 23 heteroatoms. The van der Waals surface area contributed by atoms with E-state index in [0.717, 1.165) is 26.2 Å². The van der Waals surface area contributed by atoms with Crippen LogP contribution in [0.3, 0.4) is 0 Å². The third-order valence-corrected chi connectivity index (χ3v) is 11.0. The fraction of sp³-hybridized carbons (Fsp3) is 0.489. The Balaban J connectivity index is 2.12. The van der Waals surface area contributed by atoms with E-state index in [9.17, 15) is 81.9 Å². The second-order valence-electron chi connectivity index (χ2n) is 16.3. The van der Waals surface area contributed by atoms with Gasteiger partial charge in [-0.3, -0.25) is 47.9 Å². The SMILES string of the molecule is CC(=O)N[C@@H](CC(=O)O)C(=O)N[C@@H](CCC(=O)O)C(=O)N[C@H](C(=O)N[C@@H](CCC(=O)O)C(=O)N[C@@H](CC1CCCCC1)C(=O)NC(CC(F)F)C(=O)C(=O)O)C(c1ccccc1)c1ccccc1.